The third-order valence-corrected chi connectivity index (χ3v) is 5.65. The van der Waals surface area contributed by atoms with Crippen LogP contribution in [-0.2, 0) is 26.2 Å². The molecular formula is C22H26F3N5O. The monoisotopic (exact) mass is 433 g/mol. The third-order valence-electron chi connectivity index (χ3n) is 5.65. The Kier molecular flexibility index (Phi) is 6.04. The number of H-pyrrole nitrogens is 1. The Hall–Kier alpha value is -2.81. The Labute approximate surface area is 179 Å². The molecule has 3 heterocycles. The van der Waals surface area contributed by atoms with Gasteiger partial charge in [0.2, 0.25) is 0 Å². The van der Waals surface area contributed by atoms with Crippen LogP contribution in [0.5, 0.6) is 5.75 Å². The first kappa shape index (κ1) is 21.4. The molecule has 166 valence electrons. The normalized spacial score (nSPS) is 17.4. The van der Waals surface area contributed by atoms with Crippen molar-refractivity contribution in [2.75, 3.05) is 19.7 Å². The van der Waals surface area contributed by atoms with E-state index in [2.05, 4.69) is 26.4 Å². The van der Waals surface area contributed by atoms with E-state index >= 15 is 0 Å². The van der Waals surface area contributed by atoms with Crippen molar-refractivity contribution >= 4 is 0 Å². The first-order chi connectivity index (χ1) is 14.8. The maximum Gasteiger partial charge on any atom is 0.416 e. The summed E-state index contributed by atoms with van der Waals surface area (Å²) in [6.45, 7) is 5.15. The van der Waals surface area contributed by atoms with Gasteiger partial charge in [-0.25, -0.2) is 0 Å². The number of hydrogen-bond acceptors (Lipinski definition) is 4. The Morgan fingerprint density at radius 3 is 2.84 bits per heavy atom. The minimum atomic E-state index is -4.37. The second-order valence-corrected chi connectivity index (χ2v) is 8.08. The Bertz CT molecular complexity index is 1030. The molecule has 0 amide bonds. The van der Waals surface area contributed by atoms with E-state index in [-0.39, 0.29) is 12.4 Å². The first-order valence-electron chi connectivity index (χ1n) is 10.3. The molecule has 1 atom stereocenters. The highest BCUT2D eigenvalue weighted by Crippen LogP contribution is 2.31. The fourth-order valence-electron chi connectivity index (χ4n) is 4.02. The molecule has 0 aliphatic carbocycles. The summed E-state index contributed by atoms with van der Waals surface area (Å²) >= 11 is 0. The minimum Gasteiger partial charge on any atom is -0.493 e. The average molecular weight is 433 g/mol. The molecule has 31 heavy (non-hydrogen) atoms. The van der Waals surface area contributed by atoms with Crippen LogP contribution in [-0.4, -0.2) is 44.6 Å². The molecule has 1 N–H and O–H groups in total. The molecule has 2 aromatic heterocycles. The fraction of sp³-hybridized carbons (Fsp3) is 0.455. The van der Waals surface area contributed by atoms with Crippen LogP contribution >= 0.6 is 0 Å². The second kappa shape index (κ2) is 8.74. The van der Waals surface area contributed by atoms with E-state index in [4.69, 9.17) is 4.74 Å². The second-order valence-electron chi connectivity index (χ2n) is 8.08. The van der Waals surface area contributed by atoms with Crippen LogP contribution in [0.3, 0.4) is 0 Å². The molecule has 0 spiro atoms. The van der Waals surface area contributed by atoms with Gasteiger partial charge in [0.15, 0.2) is 0 Å². The van der Waals surface area contributed by atoms with Crippen LogP contribution < -0.4 is 4.74 Å². The van der Waals surface area contributed by atoms with E-state index in [0.29, 0.717) is 12.3 Å². The zero-order chi connectivity index (χ0) is 22.0. The lowest BCUT2D eigenvalue weighted by molar-refractivity contribution is -0.137. The van der Waals surface area contributed by atoms with Gasteiger partial charge in [-0.15, -0.1) is 0 Å². The van der Waals surface area contributed by atoms with Crippen molar-refractivity contribution in [1.82, 2.24) is 24.9 Å². The largest absolute Gasteiger partial charge is 0.493 e. The van der Waals surface area contributed by atoms with Crippen LogP contribution in [0.1, 0.15) is 40.5 Å². The van der Waals surface area contributed by atoms with E-state index < -0.39 is 11.7 Å². The lowest BCUT2D eigenvalue weighted by Crippen LogP contribution is -2.20. The summed E-state index contributed by atoms with van der Waals surface area (Å²) < 4.78 is 45.8. The summed E-state index contributed by atoms with van der Waals surface area (Å²) in [6.07, 6.45) is -0.707. The van der Waals surface area contributed by atoms with E-state index in [1.54, 1.807) is 0 Å². The predicted molar refractivity (Wildman–Crippen MR) is 110 cm³/mol. The summed E-state index contributed by atoms with van der Waals surface area (Å²) in [5.41, 5.74) is 3.55. The summed E-state index contributed by atoms with van der Waals surface area (Å²) in [7, 11) is 1.94. The molecular weight excluding hydrogens is 407 g/mol. The van der Waals surface area contributed by atoms with Gasteiger partial charge in [0.05, 0.1) is 23.6 Å². The van der Waals surface area contributed by atoms with E-state index in [0.717, 1.165) is 55.3 Å². The molecule has 0 unspecified atom stereocenters. The van der Waals surface area contributed by atoms with Gasteiger partial charge >= 0.3 is 6.18 Å². The molecule has 1 aliphatic rings. The van der Waals surface area contributed by atoms with Crippen LogP contribution in [0.15, 0.2) is 36.5 Å². The number of ether oxygens (including phenoxy) is 1. The van der Waals surface area contributed by atoms with Gasteiger partial charge in [-0.1, -0.05) is 6.07 Å². The maximum absolute atomic E-state index is 12.8. The lowest BCUT2D eigenvalue weighted by Gasteiger charge is -2.14. The number of nitrogens with one attached hydrogen (secondary N) is 1. The van der Waals surface area contributed by atoms with Crippen LogP contribution in [0.25, 0.3) is 0 Å². The molecule has 0 bridgehead atoms. The van der Waals surface area contributed by atoms with Crippen molar-refractivity contribution in [1.29, 1.82) is 0 Å². The summed E-state index contributed by atoms with van der Waals surface area (Å²) in [5.74, 6) is 0.582. The quantitative estimate of drug-likeness (QED) is 0.610. The highest BCUT2D eigenvalue weighted by molar-refractivity contribution is 5.30. The average Bonchev–Trinajstić information content (AvgIpc) is 3.43. The van der Waals surface area contributed by atoms with Gasteiger partial charge in [-0.3, -0.25) is 14.7 Å². The fourth-order valence-corrected chi connectivity index (χ4v) is 4.02. The SMILES string of the molecule is Cc1nn(C)cc1CN1CC[C@H](c2cc(CCOc3cccc(C(F)(F)F)c3)[nH]n2)C1. The van der Waals surface area contributed by atoms with E-state index in [1.165, 1.54) is 17.7 Å². The molecule has 9 heteroatoms. The lowest BCUT2D eigenvalue weighted by atomic mass is 10.0. The van der Waals surface area contributed by atoms with Crippen LogP contribution in [0.2, 0.25) is 0 Å². The molecule has 1 aliphatic heterocycles. The first-order valence-corrected chi connectivity index (χ1v) is 10.3. The Balaban J connectivity index is 1.27. The van der Waals surface area contributed by atoms with E-state index in [9.17, 15) is 13.2 Å². The number of aryl methyl sites for hydroxylation is 2. The van der Waals surface area contributed by atoms with Gasteiger partial charge in [0, 0.05) is 49.9 Å². The van der Waals surface area contributed by atoms with E-state index in [1.807, 2.05) is 24.7 Å². The van der Waals surface area contributed by atoms with Gasteiger partial charge in [-0.2, -0.15) is 23.4 Å². The van der Waals surface area contributed by atoms with Crippen molar-refractivity contribution in [2.45, 2.75) is 38.4 Å². The maximum atomic E-state index is 12.8. The molecule has 0 saturated carbocycles. The van der Waals surface area contributed by atoms with Crippen molar-refractivity contribution in [2.24, 2.45) is 7.05 Å². The summed E-state index contributed by atoms with van der Waals surface area (Å²) in [6, 6.07) is 6.99. The number of alkyl halides is 3. The van der Waals surface area contributed by atoms with Crippen LogP contribution in [0.4, 0.5) is 13.2 Å². The predicted octanol–water partition coefficient (Wildman–Crippen LogP) is 4.08. The van der Waals surface area contributed by atoms with Gasteiger partial charge in [0.25, 0.3) is 0 Å². The number of hydrogen-bond donors (Lipinski definition) is 1. The highest BCUT2D eigenvalue weighted by atomic mass is 19.4. The smallest absolute Gasteiger partial charge is 0.416 e. The number of nitrogens with zero attached hydrogens (tertiary/aromatic N) is 4. The molecule has 3 aromatic rings. The number of rotatable bonds is 7. The molecule has 1 aromatic carbocycles. The van der Waals surface area contributed by atoms with Gasteiger partial charge in [-0.05, 0) is 44.2 Å². The number of likely N-dealkylation sites (tertiary alicyclic amines) is 1. The zero-order valence-corrected chi connectivity index (χ0v) is 17.6. The molecule has 6 nitrogen and oxygen atoms in total. The number of halogens is 3. The summed E-state index contributed by atoms with van der Waals surface area (Å²) in [4.78, 5) is 2.42. The van der Waals surface area contributed by atoms with Crippen molar-refractivity contribution in [3.05, 3.63) is 64.7 Å². The highest BCUT2D eigenvalue weighted by Gasteiger charge is 2.30. The topological polar surface area (TPSA) is 59.0 Å². The number of aromatic nitrogens is 4. The molecule has 1 fully saturated rings. The Morgan fingerprint density at radius 2 is 2.10 bits per heavy atom. The van der Waals surface area contributed by atoms with Crippen molar-refractivity contribution in [3.8, 4) is 5.75 Å². The Morgan fingerprint density at radius 1 is 1.26 bits per heavy atom. The van der Waals surface area contributed by atoms with Crippen LogP contribution in [0, 0.1) is 6.92 Å². The summed E-state index contributed by atoms with van der Waals surface area (Å²) in [5, 5.41) is 11.9. The van der Waals surface area contributed by atoms with Gasteiger partial charge in [0.1, 0.15) is 5.75 Å². The third kappa shape index (κ3) is 5.28. The number of benzene rings is 1. The number of aromatic amines is 1. The standard InChI is InChI=1S/C22H26F3N5O/c1-15-17(12-29(2)28-15)14-30-8-6-16(13-30)21-11-19(26-27-21)7-9-31-20-5-3-4-18(10-20)22(23,24)25/h3-5,10-12,16H,6-9,13-14H2,1-2H3,(H,26,27)/t16-/m0/s1. The molecule has 4 rings (SSSR count). The molecule has 0 radical (unpaired) electrons. The minimum absolute atomic E-state index is 0.215. The van der Waals surface area contributed by atoms with Gasteiger partial charge < -0.3 is 4.74 Å². The van der Waals surface area contributed by atoms with Crippen molar-refractivity contribution < 1.29 is 17.9 Å². The molecule has 1 saturated heterocycles. The zero-order valence-electron chi connectivity index (χ0n) is 17.6. The van der Waals surface area contributed by atoms with Crippen molar-refractivity contribution in [3.63, 3.8) is 0 Å².